The minimum Gasteiger partial charge on any atom is -0.503 e. The van der Waals surface area contributed by atoms with Crippen LogP contribution in [0.25, 0.3) is 0 Å². The molecule has 3 N–H and O–H groups in total. The summed E-state index contributed by atoms with van der Waals surface area (Å²) in [7, 11) is 1.38. The van der Waals surface area contributed by atoms with Gasteiger partial charge in [0.15, 0.2) is 11.5 Å². The number of phenols is 1. The van der Waals surface area contributed by atoms with Gasteiger partial charge in [0, 0.05) is 12.5 Å². The summed E-state index contributed by atoms with van der Waals surface area (Å²) >= 11 is 3.10. The van der Waals surface area contributed by atoms with Crippen LogP contribution in [0.4, 0.5) is 8.78 Å². The van der Waals surface area contributed by atoms with Crippen LogP contribution in [0.3, 0.4) is 0 Å². The molecule has 0 radical (unpaired) electrons. The van der Waals surface area contributed by atoms with Gasteiger partial charge in [0.25, 0.3) is 0 Å². The normalized spacial score (nSPS) is 12.1. The molecule has 0 aliphatic rings. The maximum Gasteiger partial charge on any atom is 0.240 e. The summed E-state index contributed by atoms with van der Waals surface area (Å²) < 4.78 is 29.6. The minimum absolute atomic E-state index is 0. The number of alkyl halides is 2. The molecule has 1 aromatic carbocycles. The second-order valence-corrected chi connectivity index (χ2v) is 4.14. The fourth-order valence-electron chi connectivity index (χ4n) is 1.29. The molecule has 0 bridgehead atoms. The lowest BCUT2D eigenvalue weighted by molar-refractivity contribution is 0.128. The summed E-state index contributed by atoms with van der Waals surface area (Å²) in [6.45, 7) is 0. The minimum atomic E-state index is -2.46. The Hall–Kier alpha value is -0.590. The molecule has 1 aromatic rings. The zero-order valence-electron chi connectivity index (χ0n) is 8.99. The van der Waals surface area contributed by atoms with Crippen molar-refractivity contribution in [2.24, 2.45) is 5.73 Å². The Balaban J connectivity index is 0.00000256. The van der Waals surface area contributed by atoms with E-state index in [0.29, 0.717) is 10.0 Å². The molecule has 0 aliphatic heterocycles. The van der Waals surface area contributed by atoms with Crippen LogP contribution in [-0.4, -0.2) is 18.6 Å². The quantitative estimate of drug-likeness (QED) is 0.890. The van der Waals surface area contributed by atoms with Crippen molar-refractivity contribution >= 4 is 28.3 Å². The highest BCUT2D eigenvalue weighted by Crippen LogP contribution is 2.37. The lowest BCUT2D eigenvalue weighted by Crippen LogP contribution is -2.14. The van der Waals surface area contributed by atoms with Crippen molar-refractivity contribution in [1.29, 1.82) is 0 Å². The van der Waals surface area contributed by atoms with E-state index in [1.807, 2.05) is 0 Å². The van der Waals surface area contributed by atoms with E-state index in [1.54, 1.807) is 0 Å². The van der Waals surface area contributed by atoms with Crippen LogP contribution in [-0.2, 0) is 0 Å². The van der Waals surface area contributed by atoms with Gasteiger partial charge in [-0.2, -0.15) is 0 Å². The molecule has 0 fully saturated rings. The Kier molecular flexibility index (Phi) is 6.74. The Morgan fingerprint density at radius 1 is 1.47 bits per heavy atom. The molecule has 1 rings (SSSR count). The number of phenolic OH excluding ortho intramolecular Hbond substituents is 1. The molecule has 7 heteroatoms. The third-order valence-corrected chi connectivity index (χ3v) is 2.74. The Labute approximate surface area is 112 Å². The van der Waals surface area contributed by atoms with Gasteiger partial charge in [-0.3, -0.25) is 0 Å². The topological polar surface area (TPSA) is 55.5 Å². The molecule has 0 aliphatic carbocycles. The Morgan fingerprint density at radius 2 is 2.06 bits per heavy atom. The molecular formula is C10H13BrClF2NO2. The first-order chi connectivity index (χ1) is 7.45. The first-order valence-electron chi connectivity index (χ1n) is 4.55. The smallest absolute Gasteiger partial charge is 0.240 e. The predicted molar refractivity (Wildman–Crippen MR) is 67.2 cm³/mol. The van der Waals surface area contributed by atoms with Gasteiger partial charge in [-0.05, 0) is 33.6 Å². The van der Waals surface area contributed by atoms with Gasteiger partial charge in [0.2, 0.25) is 6.43 Å². The average molecular weight is 333 g/mol. The lowest BCUT2D eigenvalue weighted by atomic mass is 10.0. The van der Waals surface area contributed by atoms with Gasteiger partial charge in [-0.15, -0.1) is 12.4 Å². The number of hydrogen-bond acceptors (Lipinski definition) is 3. The Bertz CT molecular complexity index is 380. The number of benzene rings is 1. The van der Waals surface area contributed by atoms with Crippen LogP contribution < -0.4 is 10.5 Å². The fourth-order valence-corrected chi connectivity index (χ4v) is 1.75. The highest BCUT2D eigenvalue weighted by molar-refractivity contribution is 9.10. The van der Waals surface area contributed by atoms with Crippen LogP contribution in [0.2, 0.25) is 0 Å². The van der Waals surface area contributed by atoms with Crippen molar-refractivity contribution in [2.45, 2.75) is 18.9 Å². The molecule has 0 saturated heterocycles. The van der Waals surface area contributed by atoms with Gasteiger partial charge in [-0.25, -0.2) is 8.78 Å². The molecule has 3 nitrogen and oxygen atoms in total. The number of methoxy groups -OCH3 is 1. The summed E-state index contributed by atoms with van der Waals surface area (Å²) in [5.74, 6) is 0.129. The number of hydrogen-bond donors (Lipinski definition) is 2. The largest absolute Gasteiger partial charge is 0.503 e. The zero-order chi connectivity index (χ0) is 12.3. The third-order valence-electron chi connectivity index (χ3n) is 2.13. The highest BCUT2D eigenvalue weighted by Gasteiger charge is 2.16. The maximum absolute atomic E-state index is 12.2. The number of halogens is 4. The van der Waals surface area contributed by atoms with Crippen LogP contribution in [0.5, 0.6) is 11.5 Å². The van der Waals surface area contributed by atoms with E-state index in [2.05, 4.69) is 15.9 Å². The molecule has 0 unspecified atom stereocenters. The third kappa shape index (κ3) is 4.29. The van der Waals surface area contributed by atoms with E-state index in [0.717, 1.165) is 0 Å². The number of ether oxygens (including phenoxy) is 1. The van der Waals surface area contributed by atoms with Gasteiger partial charge >= 0.3 is 0 Å². The lowest BCUT2D eigenvalue weighted by Gasteiger charge is -2.14. The maximum atomic E-state index is 12.2. The number of rotatable bonds is 4. The molecule has 0 aromatic heterocycles. The van der Waals surface area contributed by atoms with Crippen LogP contribution in [0.1, 0.15) is 18.0 Å². The highest BCUT2D eigenvalue weighted by atomic mass is 79.9. The predicted octanol–water partition coefficient (Wildman–Crippen LogP) is 3.24. The van der Waals surface area contributed by atoms with E-state index in [-0.39, 0.29) is 23.9 Å². The van der Waals surface area contributed by atoms with E-state index >= 15 is 0 Å². The van der Waals surface area contributed by atoms with E-state index < -0.39 is 18.9 Å². The average Bonchev–Trinajstić information content (AvgIpc) is 2.20. The van der Waals surface area contributed by atoms with Crippen LogP contribution >= 0.6 is 28.3 Å². The van der Waals surface area contributed by atoms with E-state index in [1.165, 1.54) is 19.2 Å². The Morgan fingerprint density at radius 3 is 2.53 bits per heavy atom. The van der Waals surface area contributed by atoms with Gasteiger partial charge < -0.3 is 15.6 Å². The second kappa shape index (κ2) is 6.98. The first kappa shape index (κ1) is 16.4. The van der Waals surface area contributed by atoms with Gasteiger partial charge in [0.1, 0.15) is 0 Å². The molecule has 17 heavy (non-hydrogen) atoms. The molecular weight excluding hydrogens is 319 g/mol. The van der Waals surface area contributed by atoms with Crippen molar-refractivity contribution in [3.05, 3.63) is 22.2 Å². The SMILES string of the molecule is COc1cc([C@@H](N)CC(F)F)cc(Br)c1O.Cl. The van der Waals surface area contributed by atoms with Crippen molar-refractivity contribution in [3.63, 3.8) is 0 Å². The van der Waals surface area contributed by atoms with Gasteiger partial charge in [0.05, 0.1) is 11.6 Å². The van der Waals surface area contributed by atoms with Gasteiger partial charge in [-0.1, -0.05) is 0 Å². The molecule has 98 valence electrons. The van der Waals surface area contributed by atoms with Crippen molar-refractivity contribution in [2.75, 3.05) is 7.11 Å². The van der Waals surface area contributed by atoms with E-state index in [4.69, 9.17) is 10.5 Å². The van der Waals surface area contributed by atoms with Crippen molar-refractivity contribution in [1.82, 2.24) is 0 Å². The summed E-state index contributed by atoms with van der Waals surface area (Å²) in [6, 6.07) is 2.17. The molecule has 0 spiro atoms. The number of aromatic hydroxyl groups is 1. The fraction of sp³-hybridized carbons (Fsp3) is 0.400. The molecule has 0 saturated carbocycles. The van der Waals surface area contributed by atoms with Crippen LogP contribution in [0.15, 0.2) is 16.6 Å². The molecule has 0 amide bonds. The summed E-state index contributed by atoms with van der Waals surface area (Å²) in [4.78, 5) is 0. The second-order valence-electron chi connectivity index (χ2n) is 3.29. The first-order valence-corrected chi connectivity index (χ1v) is 5.35. The summed E-state index contributed by atoms with van der Waals surface area (Å²) in [6.07, 6.45) is -2.89. The molecule has 0 heterocycles. The monoisotopic (exact) mass is 331 g/mol. The molecule has 1 atom stereocenters. The van der Waals surface area contributed by atoms with Crippen molar-refractivity contribution < 1.29 is 18.6 Å². The van der Waals surface area contributed by atoms with Crippen LogP contribution in [0, 0.1) is 0 Å². The summed E-state index contributed by atoms with van der Waals surface area (Å²) in [5.41, 5.74) is 6.09. The number of nitrogens with two attached hydrogens (primary N) is 1. The zero-order valence-corrected chi connectivity index (χ0v) is 11.4. The standard InChI is InChI=1S/C10H12BrF2NO2.ClH/c1-16-8-3-5(2-6(11)10(8)15)7(14)4-9(12)13;/h2-3,7,9,15H,4,14H2,1H3;1H/t7-;/m0./s1. The van der Waals surface area contributed by atoms with E-state index in [9.17, 15) is 13.9 Å². The van der Waals surface area contributed by atoms with Crippen molar-refractivity contribution in [3.8, 4) is 11.5 Å². The summed E-state index contributed by atoms with van der Waals surface area (Å²) in [5, 5.41) is 9.52.